The minimum absolute atomic E-state index is 1.14. The Balaban J connectivity index is 2.01. The summed E-state index contributed by atoms with van der Waals surface area (Å²) in [5, 5.41) is 0. The molecule has 0 aromatic heterocycles. The molecule has 0 saturated heterocycles. The van der Waals surface area contributed by atoms with E-state index in [1.54, 1.807) is 0 Å². The first-order chi connectivity index (χ1) is 10.8. The lowest BCUT2D eigenvalue weighted by atomic mass is 9.97. The van der Waals surface area contributed by atoms with E-state index >= 15 is 0 Å². The maximum atomic E-state index is 3.84. The van der Waals surface area contributed by atoms with Crippen molar-refractivity contribution in [2.24, 2.45) is 0 Å². The molecular formula is C22H18. The van der Waals surface area contributed by atoms with Gasteiger partial charge in [0.05, 0.1) is 0 Å². The molecule has 106 valence electrons. The lowest BCUT2D eigenvalue weighted by molar-refractivity contribution is 1.57. The molecule has 0 aliphatic heterocycles. The third-order valence-corrected chi connectivity index (χ3v) is 3.80. The van der Waals surface area contributed by atoms with Crippen LogP contribution in [0.2, 0.25) is 0 Å². The van der Waals surface area contributed by atoms with Gasteiger partial charge in [-0.15, -0.1) is 0 Å². The van der Waals surface area contributed by atoms with Gasteiger partial charge in [0.2, 0.25) is 0 Å². The Morgan fingerprint density at radius 3 is 1.68 bits per heavy atom. The molecule has 0 nitrogen and oxygen atoms in total. The second-order valence-corrected chi connectivity index (χ2v) is 5.24. The van der Waals surface area contributed by atoms with E-state index in [0.717, 1.165) is 11.1 Å². The Morgan fingerprint density at radius 1 is 0.500 bits per heavy atom. The Morgan fingerprint density at radius 2 is 1.05 bits per heavy atom. The zero-order valence-electron chi connectivity index (χ0n) is 12.5. The molecule has 0 spiro atoms. The SMILES string of the molecule is C=Cc1ccc(-c2cccc(-c3cccc(C=C)c3)c2)cc1. The molecule has 22 heavy (non-hydrogen) atoms. The van der Waals surface area contributed by atoms with Crippen LogP contribution in [-0.4, -0.2) is 0 Å². The van der Waals surface area contributed by atoms with Crippen LogP contribution in [0, 0.1) is 0 Å². The summed E-state index contributed by atoms with van der Waals surface area (Å²) in [6.45, 7) is 7.63. The normalized spacial score (nSPS) is 10.2. The Kier molecular flexibility index (Phi) is 4.02. The van der Waals surface area contributed by atoms with Gasteiger partial charge in [-0.3, -0.25) is 0 Å². The third kappa shape index (κ3) is 2.91. The van der Waals surface area contributed by atoms with E-state index < -0.39 is 0 Å². The zero-order valence-corrected chi connectivity index (χ0v) is 12.5. The van der Waals surface area contributed by atoms with Crippen LogP contribution >= 0.6 is 0 Å². The predicted octanol–water partition coefficient (Wildman–Crippen LogP) is 6.31. The Bertz CT molecular complexity index is 807. The molecular weight excluding hydrogens is 264 g/mol. The molecule has 0 aliphatic carbocycles. The summed E-state index contributed by atoms with van der Waals surface area (Å²) in [5.41, 5.74) is 7.14. The summed E-state index contributed by atoms with van der Waals surface area (Å²) in [7, 11) is 0. The smallest absolute Gasteiger partial charge is 0.0178 e. The Labute approximate surface area is 132 Å². The van der Waals surface area contributed by atoms with Gasteiger partial charge >= 0.3 is 0 Å². The lowest BCUT2D eigenvalue weighted by Gasteiger charge is -2.07. The molecule has 0 amide bonds. The number of benzene rings is 3. The van der Waals surface area contributed by atoms with E-state index in [2.05, 4.69) is 86.0 Å². The largest absolute Gasteiger partial charge is 0.0985 e. The van der Waals surface area contributed by atoms with E-state index in [1.165, 1.54) is 22.3 Å². The van der Waals surface area contributed by atoms with Crippen LogP contribution in [0.5, 0.6) is 0 Å². The highest BCUT2D eigenvalue weighted by Crippen LogP contribution is 2.27. The highest BCUT2D eigenvalue weighted by molar-refractivity contribution is 5.74. The van der Waals surface area contributed by atoms with E-state index in [0.29, 0.717) is 0 Å². The summed E-state index contributed by atoms with van der Waals surface area (Å²) >= 11 is 0. The molecule has 0 radical (unpaired) electrons. The zero-order chi connectivity index (χ0) is 15.4. The molecule has 3 rings (SSSR count). The van der Waals surface area contributed by atoms with E-state index in [1.807, 2.05) is 12.2 Å². The first-order valence-electron chi connectivity index (χ1n) is 7.36. The van der Waals surface area contributed by atoms with Gasteiger partial charge in [0.15, 0.2) is 0 Å². The molecule has 0 heteroatoms. The summed E-state index contributed by atoms with van der Waals surface area (Å²) in [6.07, 6.45) is 3.74. The highest BCUT2D eigenvalue weighted by atomic mass is 14.1. The molecule has 0 N–H and O–H groups in total. The average Bonchev–Trinajstić information content (AvgIpc) is 2.62. The minimum atomic E-state index is 1.14. The summed E-state index contributed by atoms with van der Waals surface area (Å²) in [6, 6.07) is 25.5. The number of hydrogen-bond donors (Lipinski definition) is 0. The first-order valence-corrected chi connectivity index (χ1v) is 7.36. The minimum Gasteiger partial charge on any atom is -0.0985 e. The van der Waals surface area contributed by atoms with Crippen molar-refractivity contribution >= 4 is 12.2 Å². The third-order valence-electron chi connectivity index (χ3n) is 3.80. The van der Waals surface area contributed by atoms with Gasteiger partial charge in [0.25, 0.3) is 0 Å². The van der Waals surface area contributed by atoms with Crippen LogP contribution in [0.3, 0.4) is 0 Å². The van der Waals surface area contributed by atoms with Gasteiger partial charge in [-0.05, 0) is 45.5 Å². The Hall–Kier alpha value is -2.86. The van der Waals surface area contributed by atoms with E-state index in [9.17, 15) is 0 Å². The van der Waals surface area contributed by atoms with E-state index in [4.69, 9.17) is 0 Å². The van der Waals surface area contributed by atoms with Gasteiger partial charge in [-0.2, -0.15) is 0 Å². The number of hydrogen-bond acceptors (Lipinski definition) is 0. The molecule has 0 aliphatic rings. The quantitative estimate of drug-likeness (QED) is 0.526. The second-order valence-electron chi connectivity index (χ2n) is 5.24. The molecule has 0 fully saturated rings. The van der Waals surface area contributed by atoms with Gasteiger partial charge in [0.1, 0.15) is 0 Å². The number of rotatable bonds is 4. The summed E-state index contributed by atoms with van der Waals surface area (Å²) in [5.74, 6) is 0. The van der Waals surface area contributed by atoms with Crippen LogP contribution in [-0.2, 0) is 0 Å². The molecule has 3 aromatic rings. The van der Waals surface area contributed by atoms with Crippen molar-refractivity contribution in [1.29, 1.82) is 0 Å². The van der Waals surface area contributed by atoms with Gasteiger partial charge in [0, 0.05) is 0 Å². The van der Waals surface area contributed by atoms with Crippen molar-refractivity contribution in [3.05, 3.63) is 97.1 Å². The molecule has 0 bridgehead atoms. The van der Waals surface area contributed by atoms with Crippen LogP contribution in [0.25, 0.3) is 34.4 Å². The fourth-order valence-electron chi connectivity index (χ4n) is 2.54. The monoisotopic (exact) mass is 282 g/mol. The molecule has 0 saturated carbocycles. The van der Waals surface area contributed by atoms with Gasteiger partial charge in [-0.25, -0.2) is 0 Å². The van der Waals surface area contributed by atoms with Crippen molar-refractivity contribution in [2.75, 3.05) is 0 Å². The van der Waals surface area contributed by atoms with Crippen molar-refractivity contribution < 1.29 is 0 Å². The van der Waals surface area contributed by atoms with Crippen LogP contribution in [0.4, 0.5) is 0 Å². The van der Waals surface area contributed by atoms with Crippen LogP contribution in [0.1, 0.15) is 11.1 Å². The fraction of sp³-hybridized carbons (Fsp3) is 0. The van der Waals surface area contributed by atoms with Crippen molar-refractivity contribution in [3.63, 3.8) is 0 Å². The highest BCUT2D eigenvalue weighted by Gasteiger charge is 2.02. The molecule has 0 heterocycles. The summed E-state index contributed by atoms with van der Waals surface area (Å²) in [4.78, 5) is 0. The molecule has 0 atom stereocenters. The lowest BCUT2D eigenvalue weighted by Crippen LogP contribution is -1.83. The maximum Gasteiger partial charge on any atom is -0.0178 e. The predicted molar refractivity (Wildman–Crippen MR) is 97.5 cm³/mol. The van der Waals surface area contributed by atoms with Crippen LogP contribution < -0.4 is 0 Å². The van der Waals surface area contributed by atoms with Gasteiger partial charge in [-0.1, -0.05) is 86.0 Å². The second kappa shape index (κ2) is 6.28. The van der Waals surface area contributed by atoms with Crippen molar-refractivity contribution in [1.82, 2.24) is 0 Å². The maximum absolute atomic E-state index is 3.84. The fourth-order valence-corrected chi connectivity index (χ4v) is 2.54. The van der Waals surface area contributed by atoms with E-state index in [-0.39, 0.29) is 0 Å². The standard InChI is InChI=1S/C22H18/c1-3-17-11-13-19(14-12-17)21-9-6-10-22(16-21)20-8-5-7-18(4-2)15-20/h3-16H,1-2H2. The van der Waals surface area contributed by atoms with Crippen molar-refractivity contribution in [2.45, 2.75) is 0 Å². The molecule has 0 unspecified atom stereocenters. The summed E-state index contributed by atoms with van der Waals surface area (Å²) < 4.78 is 0. The molecule has 3 aromatic carbocycles. The van der Waals surface area contributed by atoms with Crippen LogP contribution in [0.15, 0.2) is 86.0 Å². The van der Waals surface area contributed by atoms with Gasteiger partial charge < -0.3 is 0 Å². The average molecular weight is 282 g/mol. The first kappa shape index (κ1) is 14.1. The van der Waals surface area contributed by atoms with Crippen molar-refractivity contribution in [3.8, 4) is 22.3 Å². The topological polar surface area (TPSA) is 0 Å².